The van der Waals surface area contributed by atoms with Crippen molar-refractivity contribution in [3.05, 3.63) is 65.6 Å². The van der Waals surface area contributed by atoms with Crippen LogP contribution in [-0.4, -0.2) is 22.0 Å². The SMILES string of the molecule is CC(=O)NCC1CCc2nc(-c3ccc(-c4ccc(C)c(C)c4)cc3)cn2C1. The molecule has 28 heavy (non-hydrogen) atoms. The number of hydrogen-bond acceptors (Lipinski definition) is 2. The van der Waals surface area contributed by atoms with Crippen LogP contribution in [0.15, 0.2) is 48.7 Å². The number of nitrogens with one attached hydrogen (secondary N) is 1. The molecule has 0 fully saturated rings. The van der Waals surface area contributed by atoms with Crippen LogP contribution in [0.5, 0.6) is 0 Å². The van der Waals surface area contributed by atoms with Crippen molar-refractivity contribution in [2.24, 2.45) is 5.92 Å². The quantitative estimate of drug-likeness (QED) is 0.730. The molecule has 1 N–H and O–H groups in total. The van der Waals surface area contributed by atoms with Gasteiger partial charge in [0.1, 0.15) is 5.82 Å². The number of hydrogen-bond donors (Lipinski definition) is 1. The predicted octanol–water partition coefficient (Wildman–Crippen LogP) is 4.53. The third-order valence-electron chi connectivity index (χ3n) is 5.75. The minimum absolute atomic E-state index is 0.0426. The van der Waals surface area contributed by atoms with Gasteiger partial charge in [-0.3, -0.25) is 4.79 Å². The van der Waals surface area contributed by atoms with Crippen LogP contribution in [0, 0.1) is 19.8 Å². The highest BCUT2D eigenvalue weighted by atomic mass is 16.1. The molecule has 1 atom stereocenters. The molecule has 3 aromatic rings. The lowest BCUT2D eigenvalue weighted by molar-refractivity contribution is -0.119. The van der Waals surface area contributed by atoms with Gasteiger partial charge in [0.2, 0.25) is 5.91 Å². The molecule has 1 unspecified atom stereocenters. The largest absolute Gasteiger partial charge is 0.356 e. The summed E-state index contributed by atoms with van der Waals surface area (Å²) in [6.45, 7) is 7.53. The van der Waals surface area contributed by atoms with Crippen molar-refractivity contribution in [1.29, 1.82) is 0 Å². The average Bonchev–Trinajstić information content (AvgIpc) is 3.12. The monoisotopic (exact) mass is 373 g/mol. The van der Waals surface area contributed by atoms with Gasteiger partial charge in [-0.1, -0.05) is 42.5 Å². The fraction of sp³-hybridized carbons (Fsp3) is 0.333. The maximum Gasteiger partial charge on any atom is 0.216 e. The molecule has 0 bridgehead atoms. The second-order valence-electron chi connectivity index (χ2n) is 7.91. The van der Waals surface area contributed by atoms with Crippen LogP contribution < -0.4 is 5.32 Å². The van der Waals surface area contributed by atoms with Crippen molar-refractivity contribution in [3.63, 3.8) is 0 Å². The Labute approximate surface area is 166 Å². The molecule has 0 aliphatic carbocycles. The number of nitrogens with zero attached hydrogens (tertiary/aromatic N) is 2. The van der Waals surface area contributed by atoms with Gasteiger partial charge in [0.25, 0.3) is 0 Å². The Morgan fingerprint density at radius 3 is 2.50 bits per heavy atom. The van der Waals surface area contributed by atoms with Crippen LogP contribution in [0.25, 0.3) is 22.4 Å². The van der Waals surface area contributed by atoms with Crippen molar-refractivity contribution in [2.75, 3.05) is 6.54 Å². The number of amides is 1. The Hall–Kier alpha value is -2.88. The molecule has 4 heteroatoms. The Balaban J connectivity index is 1.51. The highest BCUT2D eigenvalue weighted by Gasteiger charge is 2.21. The van der Waals surface area contributed by atoms with E-state index in [1.165, 1.54) is 22.3 Å². The summed E-state index contributed by atoms with van der Waals surface area (Å²) in [6, 6.07) is 15.3. The van der Waals surface area contributed by atoms with Crippen molar-refractivity contribution in [3.8, 4) is 22.4 Å². The van der Waals surface area contributed by atoms with Crippen molar-refractivity contribution in [2.45, 2.75) is 40.2 Å². The van der Waals surface area contributed by atoms with Crippen LogP contribution in [0.2, 0.25) is 0 Å². The summed E-state index contributed by atoms with van der Waals surface area (Å²) >= 11 is 0. The second kappa shape index (κ2) is 7.63. The van der Waals surface area contributed by atoms with Crippen LogP contribution in [0.4, 0.5) is 0 Å². The summed E-state index contributed by atoms with van der Waals surface area (Å²) in [5, 5.41) is 2.94. The zero-order chi connectivity index (χ0) is 19.7. The van der Waals surface area contributed by atoms with E-state index in [4.69, 9.17) is 4.98 Å². The summed E-state index contributed by atoms with van der Waals surface area (Å²) in [5.74, 6) is 1.67. The molecule has 2 heterocycles. The zero-order valence-corrected chi connectivity index (χ0v) is 16.8. The lowest BCUT2D eigenvalue weighted by atomic mass is 9.99. The minimum atomic E-state index is 0.0426. The molecule has 4 nitrogen and oxygen atoms in total. The van der Waals surface area contributed by atoms with E-state index in [0.717, 1.165) is 43.0 Å². The summed E-state index contributed by atoms with van der Waals surface area (Å²) in [7, 11) is 0. The highest BCUT2D eigenvalue weighted by molar-refractivity contribution is 5.72. The van der Waals surface area contributed by atoms with Gasteiger partial charge in [-0.25, -0.2) is 4.98 Å². The number of carbonyl (C=O) groups excluding carboxylic acids is 1. The molecule has 1 aromatic heterocycles. The van der Waals surface area contributed by atoms with E-state index in [1.807, 2.05) is 0 Å². The maximum atomic E-state index is 11.2. The topological polar surface area (TPSA) is 46.9 Å². The zero-order valence-electron chi connectivity index (χ0n) is 16.8. The summed E-state index contributed by atoms with van der Waals surface area (Å²) in [5.41, 5.74) is 7.29. The van der Waals surface area contributed by atoms with Crippen molar-refractivity contribution in [1.82, 2.24) is 14.9 Å². The van der Waals surface area contributed by atoms with E-state index >= 15 is 0 Å². The molecule has 1 amide bonds. The standard InChI is InChI=1S/C24H27N3O/c1-16-4-6-22(12-17(16)2)20-7-9-21(10-8-20)23-15-27-14-19(13-25-18(3)28)5-11-24(27)26-23/h4,6-10,12,15,19H,5,11,13-14H2,1-3H3,(H,25,28). The minimum Gasteiger partial charge on any atom is -0.356 e. The number of benzene rings is 2. The van der Waals surface area contributed by atoms with Gasteiger partial charge in [0.05, 0.1) is 5.69 Å². The molecule has 0 spiro atoms. The van der Waals surface area contributed by atoms with Crippen LogP contribution in [0.3, 0.4) is 0 Å². The highest BCUT2D eigenvalue weighted by Crippen LogP contribution is 2.28. The number of imidazole rings is 1. The predicted molar refractivity (Wildman–Crippen MR) is 113 cm³/mol. The van der Waals surface area contributed by atoms with Crippen molar-refractivity contribution >= 4 is 5.91 Å². The lowest BCUT2D eigenvalue weighted by Gasteiger charge is -2.23. The number of rotatable bonds is 4. The molecule has 0 radical (unpaired) electrons. The smallest absolute Gasteiger partial charge is 0.216 e. The van der Waals surface area contributed by atoms with Crippen LogP contribution in [-0.2, 0) is 17.8 Å². The van der Waals surface area contributed by atoms with Crippen LogP contribution in [0.1, 0.15) is 30.3 Å². The lowest BCUT2D eigenvalue weighted by Crippen LogP contribution is -2.32. The van der Waals surface area contributed by atoms with Gasteiger partial charge in [0.15, 0.2) is 0 Å². The molecule has 144 valence electrons. The molecule has 1 aliphatic rings. The van der Waals surface area contributed by atoms with E-state index in [2.05, 4.69) is 72.4 Å². The molecule has 1 aliphatic heterocycles. The van der Waals surface area contributed by atoms with E-state index in [1.54, 1.807) is 6.92 Å². The molecule has 0 saturated carbocycles. The first-order valence-electron chi connectivity index (χ1n) is 9.98. The van der Waals surface area contributed by atoms with E-state index in [9.17, 15) is 4.79 Å². The number of carbonyl (C=O) groups is 1. The van der Waals surface area contributed by atoms with Gasteiger partial charge in [0, 0.05) is 38.2 Å². The Kier molecular flexibility index (Phi) is 5.03. The summed E-state index contributed by atoms with van der Waals surface area (Å²) in [4.78, 5) is 16.0. The van der Waals surface area contributed by atoms with Crippen molar-refractivity contribution < 1.29 is 4.79 Å². The Morgan fingerprint density at radius 2 is 1.79 bits per heavy atom. The summed E-state index contributed by atoms with van der Waals surface area (Å²) in [6.07, 6.45) is 4.19. The Morgan fingerprint density at radius 1 is 1.07 bits per heavy atom. The van der Waals surface area contributed by atoms with Gasteiger partial charge in [-0.15, -0.1) is 0 Å². The first-order valence-corrected chi connectivity index (χ1v) is 9.98. The first kappa shape index (κ1) is 18.5. The normalized spacial score (nSPS) is 15.9. The van der Waals surface area contributed by atoms with E-state index in [-0.39, 0.29) is 5.91 Å². The molecule has 0 saturated heterocycles. The van der Waals surface area contributed by atoms with E-state index < -0.39 is 0 Å². The first-order chi connectivity index (χ1) is 13.5. The molecule has 2 aromatic carbocycles. The number of fused-ring (bicyclic) bond motifs is 1. The molecule has 4 rings (SSSR count). The average molecular weight is 374 g/mol. The van der Waals surface area contributed by atoms with E-state index in [0.29, 0.717) is 5.92 Å². The fourth-order valence-corrected chi connectivity index (χ4v) is 3.86. The fourth-order valence-electron chi connectivity index (χ4n) is 3.86. The molecular formula is C24H27N3O. The molecular weight excluding hydrogens is 346 g/mol. The second-order valence-corrected chi connectivity index (χ2v) is 7.91. The van der Waals surface area contributed by atoms with Gasteiger partial charge >= 0.3 is 0 Å². The van der Waals surface area contributed by atoms with Gasteiger partial charge in [-0.05, 0) is 48.4 Å². The summed E-state index contributed by atoms with van der Waals surface area (Å²) < 4.78 is 2.25. The Bertz CT molecular complexity index is 1000. The van der Waals surface area contributed by atoms with Gasteiger partial charge in [-0.2, -0.15) is 0 Å². The third kappa shape index (κ3) is 3.86. The van der Waals surface area contributed by atoms with Gasteiger partial charge < -0.3 is 9.88 Å². The number of aryl methyl sites for hydroxylation is 3. The maximum absolute atomic E-state index is 11.2. The third-order valence-corrected chi connectivity index (χ3v) is 5.75. The number of aromatic nitrogens is 2. The van der Waals surface area contributed by atoms with Crippen LogP contribution >= 0.6 is 0 Å².